The molecule has 2 aliphatic rings. The Morgan fingerprint density at radius 1 is 1.32 bits per heavy atom. The van der Waals surface area contributed by atoms with Gasteiger partial charge in [-0.15, -0.1) is 0 Å². The summed E-state index contributed by atoms with van der Waals surface area (Å²) >= 11 is 0. The number of rotatable bonds is 4. The second kappa shape index (κ2) is 6.79. The average molecular weight is 307 g/mol. The largest absolute Gasteiger partial charge is 0.448 e. The molecule has 0 radical (unpaired) electrons. The van der Waals surface area contributed by atoms with E-state index in [1.165, 1.54) is 25.5 Å². The summed E-state index contributed by atoms with van der Waals surface area (Å²) in [6.07, 6.45) is 8.87. The van der Waals surface area contributed by atoms with Crippen LogP contribution in [0.3, 0.4) is 0 Å². The van der Waals surface area contributed by atoms with E-state index >= 15 is 0 Å². The van der Waals surface area contributed by atoms with Gasteiger partial charge in [0.2, 0.25) is 0 Å². The van der Waals surface area contributed by atoms with Gasteiger partial charge in [-0.2, -0.15) is 0 Å². The summed E-state index contributed by atoms with van der Waals surface area (Å²) < 4.78 is 10.9. The Balaban J connectivity index is 1.65. The molecule has 1 saturated heterocycles. The number of carbonyl (C=O) groups is 1. The van der Waals surface area contributed by atoms with Crippen molar-refractivity contribution < 1.29 is 13.9 Å². The summed E-state index contributed by atoms with van der Waals surface area (Å²) in [6.45, 7) is 1.67. The first-order valence-electron chi connectivity index (χ1n) is 8.28. The number of hydrogen-bond acceptors (Lipinski definition) is 5. The number of nitrogens with one attached hydrogen (secondary N) is 1. The average Bonchev–Trinajstić information content (AvgIpc) is 3.07. The summed E-state index contributed by atoms with van der Waals surface area (Å²) in [4.78, 5) is 16.9. The fraction of sp³-hybridized carbons (Fsp3) is 0.750. The molecule has 6 heteroatoms. The highest BCUT2D eigenvalue weighted by atomic mass is 16.5. The summed E-state index contributed by atoms with van der Waals surface area (Å²) in [5, 5.41) is 3.05. The number of oxazole rings is 1. The van der Waals surface area contributed by atoms with Crippen LogP contribution in [-0.4, -0.2) is 36.2 Å². The van der Waals surface area contributed by atoms with Gasteiger partial charge in [-0.25, -0.2) is 4.98 Å². The quantitative estimate of drug-likeness (QED) is 0.887. The van der Waals surface area contributed by atoms with Gasteiger partial charge in [-0.05, 0) is 25.7 Å². The smallest absolute Gasteiger partial charge is 0.273 e. The van der Waals surface area contributed by atoms with E-state index in [0.29, 0.717) is 37.3 Å². The first-order chi connectivity index (χ1) is 10.7. The molecule has 0 unspecified atom stereocenters. The molecule has 1 aliphatic carbocycles. The lowest BCUT2D eigenvalue weighted by molar-refractivity contribution is 0.0387. The van der Waals surface area contributed by atoms with Crippen LogP contribution in [0.1, 0.15) is 67.2 Å². The number of hydrogen-bond donors (Lipinski definition) is 2. The second-order valence-corrected chi connectivity index (χ2v) is 6.46. The molecule has 22 heavy (non-hydrogen) atoms. The lowest BCUT2D eigenvalue weighted by atomic mass is 9.89. The summed E-state index contributed by atoms with van der Waals surface area (Å²) in [5.74, 6) is 0.874. The third kappa shape index (κ3) is 3.33. The molecule has 6 nitrogen and oxygen atoms in total. The molecule has 3 rings (SSSR count). The highest BCUT2D eigenvalue weighted by Crippen LogP contribution is 2.32. The Hall–Kier alpha value is -1.40. The van der Waals surface area contributed by atoms with Gasteiger partial charge in [0, 0.05) is 25.7 Å². The van der Waals surface area contributed by atoms with Crippen LogP contribution in [0.15, 0.2) is 10.7 Å². The van der Waals surface area contributed by atoms with Crippen LogP contribution in [0.25, 0.3) is 0 Å². The second-order valence-electron chi connectivity index (χ2n) is 6.46. The predicted octanol–water partition coefficient (Wildman–Crippen LogP) is 1.96. The number of aromatic nitrogens is 1. The molecule has 0 spiro atoms. The maximum atomic E-state index is 12.4. The van der Waals surface area contributed by atoms with E-state index in [9.17, 15) is 4.79 Å². The molecular formula is C16H25N3O3. The minimum absolute atomic E-state index is 0.196. The van der Waals surface area contributed by atoms with Crippen molar-refractivity contribution in [2.45, 2.75) is 56.4 Å². The Morgan fingerprint density at radius 2 is 2.05 bits per heavy atom. The Labute approximate surface area is 130 Å². The highest BCUT2D eigenvalue weighted by molar-refractivity contribution is 5.92. The fourth-order valence-electron chi connectivity index (χ4n) is 3.38. The molecule has 122 valence electrons. The minimum atomic E-state index is -0.376. The number of nitrogens with zero attached hydrogens (tertiary/aromatic N) is 1. The van der Waals surface area contributed by atoms with Crippen LogP contribution in [0.4, 0.5) is 0 Å². The van der Waals surface area contributed by atoms with Crippen molar-refractivity contribution in [3.63, 3.8) is 0 Å². The lowest BCUT2D eigenvalue weighted by Gasteiger charge is -2.36. The monoisotopic (exact) mass is 307 g/mol. The molecule has 1 saturated carbocycles. The van der Waals surface area contributed by atoms with Gasteiger partial charge in [-0.3, -0.25) is 4.79 Å². The molecule has 1 aromatic heterocycles. The summed E-state index contributed by atoms with van der Waals surface area (Å²) in [7, 11) is 0. The van der Waals surface area contributed by atoms with Crippen molar-refractivity contribution in [3.05, 3.63) is 17.8 Å². The van der Waals surface area contributed by atoms with E-state index in [-0.39, 0.29) is 11.4 Å². The van der Waals surface area contributed by atoms with Crippen molar-refractivity contribution >= 4 is 5.91 Å². The van der Waals surface area contributed by atoms with Crippen LogP contribution >= 0.6 is 0 Å². The number of ether oxygens (including phenoxy) is 1. The SMILES string of the molecule is NCC1(NC(=O)c2coc(C3CCCCC3)n2)CCOCC1. The third-order valence-electron chi connectivity index (χ3n) is 4.93. The van der Waals surface area contributed by atoms with Gasteiger partial charge in [-0.1, -0.05) is 19.3 Å². The van der Waals surface area contributed by atoms with Gasteiger partial charge in [0.15, 0.2) is 11.6 Å². The van der Waals surface area contributed by atoms with Crippen molar-refractivity contribution in [1.82, 2.24) is 10.3 Å². The van der Waals surface area contributed by atoms with Crippen molar-refractivity contribution in [3.8, 4) is 0 Å². The van der Waals surface area contributed by atoms with Crippen molar-refractivity contribution in [1.29, 1.82) is 0 Å². The van der Waals surface area contributed by atoms with Crippen LogP contribution in [-0.2, 0) is 4.74 Å². The maximum Gasteiger partial charge on any atom is 0.273 e. The van der Waals surface area contributed by atoms with E-state index in [2.05, 4.69) is 10.3 Å². The topological polar surface area (TPSA) is 90.4 Å². The fourth-order valence-corrected chi connectivity index (χ4v) is 3.38. The van der Waals surface area contributed by atoms with E-state index in [0.717, 1.165) is 25.7 Å². The zero-order chi connectivity index (χ0) is 15.4. The van der Waals surface area contributed by atoms with E-state index in [4.69, 9.17) is 14.9 Å². The van der Waals surface area contributed by atoms with Crippen LogP contribution in [0.5, 0.6) is 0 Å². The molecular weight excluding hydrogens is 282 g/mol. The van der Waals surface area contributed by atoms with E-state index < -0.39 is 0 Å². The molecule has 1 amide bonds. The summed E-state index contributed by atoms with van der Waals surface area (Å²) in [5.41, 5.74) is 5.86. The van der Waals surface area contributed by atoms with Gasteiger partial charge >= 0.3 is 0 Å². The molecule has 0 atom stereocenters. The highest BCUT2D eigenvalue weighted by Gasteiger charge is 2.34. The van der Waals surface area contributed by atoms with Gasteiger partial charge in [0.1, 0.15) is 6.26 Å². The molecule has 1 aliphatic heterocycles. The molecule has 0 bridgehead atoms. The first kappa shape index (κ1) is 15.5. The number of carbonyl (C=O) groups excluding carboxylic acids is 1. The van der Waals surface area contributed by atoms with Gasteiger partial charge < -0.3 is 20.2 Å². The zero-order valence-electron chi connectivity index (χ0n) is 13.0. The van der Waals surface area contributed by atoms with E-state index in [1.807, 2.05) is 0 Å². The Morgan fingerprint density at radius 3 is 2.73 bits per heavy atom. The van der Waals surface area contributed by atoms with Gasteiger partial charge in [0.25, 0.3) is 5.91 Å². The van der Waals surface area contributed by atoms with Crippen LogP contribution < -0.4 is 11.1 Å². The van der Waals surface area contributed by atoms with E-state index in [1.54, 1.807) is 0 Å². The molecule has 2 fully saturated rings. The van der Waals surface area contributed by atoms with Crippen LogP contribution in [0, 0.1) is 0 Å². The zero-order valence-corrected chi connectivity index (χ0v) is 13.0. The molecule has 2 heterocycles. The van der Waals surface area contributed by atoms with Crippen LogP contribution in [0.2, 0.25) is 0 Å². The first-order valence-corrected chi connectivity index (χ1v) is 8.28. The lowest BCUT2D eigenvalue weighted by Crippen LogP contribution is -2.56. The summed E-state index contributed by atoms with van der Waals surface area (Å²) in [6, 6.07) is 0. The molecule has 3 N–H and O–H groups in total. The number of amides is 1. The van der Waals surface area contributed by atoms with Crippen molar-refractivity contribution in [2.24, 2.45) is 5.73 Å². The minimum Gasteiger partial charge on any atom is -0.448 e. The van der Waals surface area contributed by atoms with Crippen molar-refractivity contribution in [2.75, 3.05) is 19.8 Å². The predicted molar refractivity (Wildman–Crippen MR) is 81.6 cm³/mol. The van der Waals surface area contributed by atoms with Gasteiger partial charge in [0.05, 0.1) is 5.54 Å². The molecule has 1 aromatic rings. The third-order valence-corrected chi connectivity index (χ3v) is 4.93. The Kier molecular flexibility index (Phi) is 4.78. The maximum absolute atomic E-state index is 12.4. The normalized spacial score (nSPS) is 22.4. The molecule has 0 aromatic carbocycles. The number of nitrogens with two attached hydrogens (primary N) is 1. The standard InChI is InChI=1S/C16H25N3O3/c17-11-16(6-8-21-9-7-16)19-14(20)13-10-22-15(18-13)12-4-2-1-3-5-12/h10,12H,1-9,11,17H2,(H,19,20). The Bertz CT molecular complexity index is 502.